The van der Waals surface area contributed by atoms with Crippen LogP contribution >= 0.6 is 15.9 Å². The normalized spacial score (nSPS) is 14.4. The van der Waals surface area contributed by atoms with Gasteiger partial charge in [-0.15, -0.1) is 0 Å². The summed E-state index contributed by atoms with van der Waals surface area (Å²) >= 11 is 3.25. The number of hydrogen-bond acceptors (Lipinski definition) is 2. The third-order valence-corrected chi connectivity index (χ3v) is 3.39. The van der Waals surface area contributed by atoms with Crippen molar-refractivity contribution in [1.82, 2.24) is 5.32 Å². The quantitative estimate of drug-likeness (QED) is 0.893. The fourth-order valence-corrected chi connectivity index (χ4v) is 2.27. The summed E-state index contributed by atoms with van der Waals surface area (Å²) in [7, 11) is 0. The molecule has 1 heterocycles. The first-order chi connectivity index (χ1) is 8.58. The van der Waals surface area contributed by atoms with Gasteiger partial charge in [-0.25, -0.2) is 4.39 Å². The Morgan fingerprint density at radius 2 is 2.00 bits per heavy atom. The number of nitrogens with one attached hydrogen (secondary N) is 1. The minimum atomic E-state index is -0.212. The lowest BCUT2D eigenvalue weighted by Gasteiger charge is -2.19. The minimum Gasteiger partial charge on any atom is -0.468 e. The van der Waals surface area contributed by atoms with Crippen LogP contribution < -0.4 is 5.32 Å². The molecule has 0 spiro atoms. The highest BCUT2D eigenvalue weighted by Crippen LogP contribution is 2.23. The first-order valence-corrected chi connectivity index (χ1v) is 6.61. The van der Waals surface area contributed by atoms with Crippen molar-refractivity contribution in [2.45, 2.75) is 25.9 Å². The van der Waals surface area contributed by atoms with Gasteiger partial charge in [-0.2, -0.15) is 0 Å². The van der Waals surface area contributed by atoms with Crippen LogP contribution in [0.3, 0.4) is 0 Å². The van der Waals surface area contributed by atoms with E-state index < -0.39 is 0 Å². The third kappa shape index (κ3) is 3.00. The van der Waals surface area contributed by atoms with Crippen LogP contribution in [-0.2, 0) is 0 Å². The van der Waals surface area contributed by atoms with Crippen LogP contribution in [-0.4, -0.2) is 0 Å². The molecule has 0 aliphatic rings. The molecular formula is C14H15BrFNO. The molecule has 96 valence electrons. The predicted molar refractivity (Wildman–Crippen MR) is 72.8 cm³/mol. The summed E-state index contributed by atoms with van der Waals surface area (Å²) in [4.78, 5) is 0. The van der Waals surface area contributed by atoms with E-state index >= 15 is 0 Å². The van der Waals surface area contributed by atoms with Crippen LogP contribution in [0.2, 0.25) is 0 Å². The van der Waals surface area contributed by atoms with Gasteiger partial charge in [0.1, 0.15) is 11.6 Å². The number of furan rings is 1. The van der Waals surface area contributed by atoms with E-state index in [-0.39, 0.29) is 17.9 Å². The Morgan fingerprint density at radius 1 is 1.22 bits per heavy atom. The van der Waals surface area contributed by atoms with Crippen LogP contribution in [0.4, 0.5) is 4.39 Å². The Hall–Kier alpha value is -1.13. The van der Waals surface area contributed by atoms with Crippen molar-refractivity contribution < 1.29 is 8.81 Å². The maximum atomic E-state index is 13.8. The van der Waals surface area contributed by atoms with Gasteiger partial charge in [-0.3, -0.25) is 0 Å². The van der Waals surface area contributed by atoms with Gasteiger partial charge in [-0.05, 0) is 38.1 Å². The van der Waals surface area contributed by atoms with Crippen molar-refractivity contribution in [1.29, 1.82) is 0 Å². The average Bonchev–Trinajstić information content (AvgIpc) is 2.81. The van der Waals surface area contributed by atoms with Crippen molar-refractivity contribution >= 4 is 15.9 Å². The van der Waals surface area contributed by atoms with Crippen molar-refractivity contribution in [3.05, 3.63) is 58.2 Å². The number of rotatable bonds is 4. The molecule has 1 N–H and O–H groups in total. The lowest BCUT2D eigenvalue weighted by molar-refractivity contribution is 0.397. The summed E-state index contributed by atoms with van der Waals surface area (Å²) < 4.78 is 19.9. The molecule has 18 heavy (non-hydrogen) atoms. The summed E-state index contributed by atoms with van der Waals surface area (Å²) in [5, 5.41) is 3.31. The first kappa shape index (κ1) is 13.3. The molecule has 4 heteroatoms. The second-order valence-corrected chi connectivity index (χ2v) is 5.21. The molecular weight excluding hydrogens is 297 g/mol. The number of hydrogen-bond donors (Lipinski definition) is 1. The lowest BCUT2D eigenvalue weighted by Crippen LogP contribution is -2.22. The monoisotopic (exact) mass is 311 g/mol. The smallest absolute Gasteiger partial charge is 0.129 e. The predicted octanol–water partition coefficient (Wildman–Crippen LogP) is 4.59. The Bertz CT molecular complexity index is 513. The van der Waals surface area contributed by atoms with Gasteiger partial charge in [-0.1, -0.05) is 22.0 Å². The maximum Gasteiger partial charge on any atom is 0.129 e. The lowest BCUT2D eigenvalue weighted by atomic mass is 10.1. The van der Waals surface area contributed by atoms with Gasteiger partial charge >= 0.3 is 0 Å². The van der Waals surface area contributed by atoms with Crippen LogP contribution in [0.5, 0.6) is 0 Å². The summed E-state index contributed by atoms with van der Waals surface area (Å²) in [6, 6.07) is 8.81. The molecule has 1 aromatic heterocycles. The Kier molecular flexibility index (Phi) is 4.19. The van der Waals surface area contributed by atoms with Crippen molar-refractivity contribution in [3.8, 4) is 0 Å². The summed E-state index contributed by atoms with van der Waals surface area (Å²) in [6.45, 7) is 3.93. The summed E-state index contributed by atoms with van der Waals surface area (Å²) in [5.41, 5.74) is 0.650. The summed E-state index contributed by atoms with van der Waals surface area (Å²) in [5.74, 6) is 0.635. The molecule has 0 amide bonds. The van der Waals surface area contributed by atoms with Crippen LogP contribution in [0.25, 0.3) is 0 Å². The average molecular weight is 312 g/mol. The zero-order valence-electron chi connectivity index (χ0n) is 10.3. The van der Waals surface area contributed by atoms with Gasteiger partial charge in [0.15, 0.2) is 0 Å². The van der Waals surface area contributed by atoms with Crippen LogP contribution in [0.15, 0.2) is 45.5 Å². The molecule has 1 aromatic carbocycles. The Labute approximate surface area is 114 Å². The fourth-order valence-electron chi connectivity index (χ4n) is 1.94. The van der Waals surface area contributed by atoms with Crippen molar-refractivity contribution in [2.24, 2.45) is 0 Å². The molecule has 2 nitrogen and oxygen atoms in total. The zero-order chi connectivity index (χ0) is 13.1. The number of benzene rings is 1. The van der Waals surface area contributed by atoms with E-state index in [0.29, 0.717) is 5.56 Å². The molecule has 0 bridgehead atoms. The second-order valence-electron chi connectivity index (χ2n) is 4.29. The molecule has 0 fully saturated rings. The van der Waals surface area contributed by atoms with Crippen molar-refractivity contribution in [2.75, 3.05) is 0 Å². The molecule has 2 rings (SSSR count). The molecule has 0 aliphatic heterocycles. The molecule has 0 radical (unpaired) electrons. The van der Waals surface area contributed by atoms with E-state index in [1.54, 1.807) is 12.3 Å². The highest BCUT2D eigenvalue weighted by atomic mass is 79.9. The van der Waals surface area contributed by atoms with Gasteiger partial charge in [0.05, 0.1) is 12.3 Å². The molecule has 0 saturated carbocycles. The molecule has 2 atom stereocenters. The Balaban J connectivity index is 2.10. The summed E-state index contributed by atoms with van der Waals surface area (Å²) in [6.07, 6.45) is 1.64. The van der Waals surface area contributed by atoms with Crippen LogP contribution in [0, 0.1) is 5.82 Å². The topological polar surface area (TPSA) is 25.2 Å². The van der Waals surface area contributed by atoms with E-state index in [1.165, 1.54) is 6.07 Å². The molecule has 0 aliphatic carbocycles. The fraction of sp³-hybridized carbons (Fsp3) is 0.286. The van der Waals surface area contributed by atoms with Gasteiger partial charge < -0.3 is 9.73 Å². The maximum absolute atomic E-state index is 13.8. The molecule has 1 unspecified atom stereocenters. The highest BCUT2D eigenvalue weighted by molar-refractivity contribution is 9.10. The highest BCUT2D eigenvalue weighted by Gasteiger charge is 2.15. The van der Waals surface area contributed by atoms with E-state index in [2.05, 4.69) is 21.2 Å². The van der Waals surface area contributed by atoms with Gasteiger partial charge in [0.25, 0.3) is 0 Å². The van der Waals surface area contributed by atoms with Crippen LogP contribution in [0.1, 0.15) is 37.3 Å². The number of halogens is 2. The largest absolute Gasteiger partial charge is 0.468 e. The van der Waals surface area contributed by atoms with E-state index in [1.807, 2.05) is 32.0 Å². The molecule has 2 aromatic rings. The Morgan fingerprint density at radius 3 is 2.61 bits per heavy atom. The zero-order valence-corrected chi connectivity index (χ0v) is 11.9. The standard InChI is InChI=1S/C14H15BrFNO/c1-9(12-6-5-11(15)8-13(12)16)17-10(2)14-4-3-7-18-14/h3-10,17H,1-2H3/t9?,10-/m1/s1. The van der Waals surface area contributed by atoms with E-state index in [0.717, 1.165) is 10.2 Å². The minimum absolute atomic E-state index is 0.0399. The van der Waals surface area contributed by atoms with Gasteiger partial charge in [0.2, 0.25) is 0 Å². The second kappa shape index (κ2) is 5.67. The molecule has 0 saturated heterocycles. The van der Waals surface area contributed by atoms with E-state index in [9.17, 15) is 4.39 Å². The van der Waals surface area contributed by atoms with E-state index in [4.69, 9.17) is 4.42 Å². The SMILES string of the molecule is CC(N[C@H](C)c1ccco1)c1ccc(Br)cc1F. The third-order valence-electron chi connectivity index (χ3n) is 2.90. The van der Waals surface area contributed by atoms with Crippen molar-refractivity contribution in [3.63, 3.8) is 0 Å². The van der Waals surface area contributed by atoms with Gasteiger partial charge in [0, 0.05) is 16.1 Å². The first-order valence-electron chi connectivity index (χ1n) is 5.82.